The van der Waals surface area contributed by atoms with E-state index in [9.17, 15) is 30.4 Å². The van der Waals surface area contributed by atoms with Crippen LogP contribution in [-0.2, 0) is 10.0 Å². The maximum atomic E-state index is 13.8. The summed E-state index contributed by atoms with van der Waals surface area (Å²) in [6.07, 6.45) is 0.679. The molecule has 0 heterocycles. The summed E-state index contributed by atoms with van der Waals surface area (Å²) < 4.78 is 93.6. The van der Waals surface area contributed by atoms with Crippen LogP contribution in [-0.4, -0.2) is 20.0 Å². The third kappa shape index (κ3) is 2.70. The molecule has 3 N–H and O–H groups in total. The number of nitrogens with one attached hydrogen (secondary N) is 1. The standard InChI is InChI=1S/C14H17F5N2O2S/c1-13(2)6(4-5-14(13,3)20)21-24(22,23)12-10(18)8(16)7(15)9(17)11(12)19/h6,21H,4-5,20H2,1-3H3/t6-,14+/m0/s1. The molecule has 0 unspecified atom stereocenters. The van der Waals surface area contributed by atoms with Gasteiger partial charge in [-0.1, -0.05) is 13.8 Å². The molecule has 1 aromatic rings. The van der Waals surface area contributed by atoms with Crippen LogP contribution in [0.25, 0.3) is 0 Å². The molecule has 136 valence electrons. The van der Waals surface area contributed by atoms with Crippen molar-refractivity contribution in [2.75, 3.05) is 0 Å². The molecule has 1 aliphatic carbocycles. The molecule has 24 heavy (non-hydrogen) atoms. The Morgan fingerprint density at radius 1 is 0.958 bits per heavy atom. The highest BCUT2D eigenvalue weighted by Gasteiger charge is 2.51. The van der Waals surface area contributed by atoms with Gasteiger partial charge in [0.05, 0.1) is 0 Å². The Balaban J connectivity index is 2.51. The quantitative estimate of drug-likeness (QED) is 0.487. The summed E-state index contributed by atoms with van der Waals surface area (Å²) in [4.78, 5) is -1.89. The van der Waals surface area contributed by atoms with Crippen LogP contribution in [0.2, 0.25) is 0 Å². The number of sulfonamides is 1. The minimum atomic E-state index is -4.99. The molecule has 1 fully saturated rings. The number of nitrogens with two attached hydrogens (primary N) is 1. The van der Waals surface area contributed by atoms with Gasteiger partial charge in [-0.2, -0.15) is 0 Å². The molecule has 0 bridgehead atoms. The first-order valence-corrected chi connectivity index (χ1v) is 8.55. The summed E-state index contributed by atoms with van der Waals surface area (Å²) in [6.45, 7) is 5.01. The summed E-state index contributed by atoms with van der Waals surface area (Å²) in [7, 11) is -4.99. The zero-order valence-electron chi connectivity index (χ0n) is 13.2. The van der Waals surface area contributed by atoms with Crippen LogP contribution in [0.15, 0.2) is 4.90 Å². The van der Waals surface area contributed by atoms with E-state index in [0.29, 0.717) is 6.42 Å². The van der Waals surface area contributed by atoms with E-state index in [1.165, 1.54) is 0 Å². The molecular weight excluding hydrogens is 355 g/mol. The van der Waals surface area contributed by atoms with Gasteiger partial charge in [0.15, 0.2) is 28.2 Å². The van der Waals surface area contributed by atoms with Gasteiger partial charge in [0, 0.05) is 11.6 Å². The highest BCUT2D eigenvalue weighted by Crippen LogP contribution is 2.44. The Hall–Kier alpha value is -1.26. The van der Waals surface area contributed by atoms with Crippen LogP contribution in [0.1, 0.15) is 33.6 Å². The molecule has 4 nitrogen and oxygen atoms in total. The Kier molecular flexibility index (Phi) is 4.48. The molecule has 1 aliphatic rings. The van der Waals surface area contributed by atoms with Crippen molar-refractivity contribution in [3.63, 3.8) is 0 Å². The normalized spacial score (nSPS) is 26.8. The van der Waals surface area contributed by atoms with Crippen molar-refractivity contribution in [3.8, 4) is 0 Å². The lowest BCUT2D eigenvalue weighted by Crippen LogP contribution is -2.54. The molecule has 1 aromatic carbocycles. The largest absolute Gasteiger partial charge is 0.325 e. The molecule has 0 aliphatic heterocycles. The van der Waals surface area contributed by atoms with Crippen molar-refractivity contribution in [1.29, 1.82) is 0 Å². The van der Waals surface area contributed by atoms with Crippen LogP contribution >= 0.6 is 0 Å². The van der Waals surface area contributed by atoms with Gasteiger partial charge in [-0.05, 0) is 25.2 Å². The fourth-order valence-corrected chi connectivity index (χ4v) is 4.35. The van der Waals surface area contributed by atoms with Crippen LogP contribution in [0, 0.1) is 34.5 Å². The number of hydrogen-bond acceptors (Lipinski definition) is 3. The lowest BCUT2D eigenvalue weighted by Gasteiger charge is -2.38. The van der Waals surface area contributed by atoms with Crippen molar-refractivity contribution in [2.24, 2.45) is 11.1 Å². The second-order valence-corrected chi connectivity index (χ2v) is 8.40. The van der Waals surface area contributed by atoms with Gasteiger partial charge in [-0.15, -0.1) is 0 Å². The van der Waals surface area contributed by atoms with Gasteiger partial charge in [-0.25, -0.2) is 35.1 Å². The average molecular weight is 372 g/mol. The fraction of sp³-hybridized carbons (Fsp3) is 0.571. The third-order valence-corrected chi connectivity index (χ3v) is 6.52. The monoisotopic (exact) mass is 372 g/mol. The van der Waals surface area contributed by atoms with Gasteiger partial charge in [0.25, 0.3) is 0 Å². The molecule has 0 spiro atoms. The molecule has 0 amide bonds. The van der Waals surface area contributed by atoms with Crippen LogP contribution in [0.3, 0.4) is 0 Å². The lowest BCUT2D eigenvalue weighted by atomic mass is 9.75. The maximum absolute atomic E-state index is 13.8. The van der Waals surface area contributed by atoms with E-state index in [1.807, 2.05) is 4.72 Å². The zero-order chi connectivity index (χ0) is 18.7. The van der Waals surface area contributed by atoms with Crippen LogP contribution < -0.4 is 10.5 Å². The van der Waals surface area contributed by atoms with E-state index >= 15 is 0 Å². The first-order valence-electron chi connectivity index (χ1n) is 7.06. The van der Waals surface area contributed by atoms with Crippen LogP contribution in [0.5, 0.6) is 0 Å². The molecule has 2 rings (SSSR count). The first kappa shape index (κ1) is 19.1. The number of halogens is 5. The van der Waals surface area contributed by atoms with E-state index in [-0.39, 0.29) is 6.42 Å². The minimum Gasteiger partial charge on any atom is -0.325 e. The predicted octanol–water partition coefficient (Wildman–Crippen LogP) is 2.57. The van der Waals surface area contributed by atoms with E-state index in [2.05, 4.69) is 0 Å². The summed E-state index contributed by atoms with van der Waals surface area (Å²) in [6, 6.07) is -0.826. The summed E-state index contributed by atoms with van der Waals surface area (Å²) in [5.74, 6) is -11.8. The number of hydrogen-bond donors (Lipinski definition) is 2. The Bertz CT molecular complexity index is 764. The Morgan fingerprint density at radius 2 is 1.38 bits per heavy atom. The zero-order valence-corrected chi connectivity index (χ0v) is 14.0. The van der Waals surface area contributed by atoms with Gasteiger partial charge in [0.1, 0.15) is 0 Å². The van der Waals surface area contributed by atoms with Gasteiger partial charge < -0.3 is 5.73 Å². The van der Waals surface area contributed by atoms with Crippen molar-refractivity contribution in [3.05, 3.63) is 29.1 Å². The first-order chi connectivity index (χ1) is 10.7. The molecular formula is C14H17F5N2O2S. The van der Waals surface area contributed by atoms with Gasteiger partial charge >= 0.3 is 0 Å². The highest BCUT2D eigenvalue weighted by molar-refractivity contribution is 7.89. The third-order valence-electron chi connectivity index (χ3n) is 5.03. The topological polar surface area (TPSA) is 72.2 Å². The molecule has 10 heteroatoms. The molecule has 2 atom stereocenters. The Morgan fingerprint density at radius 3 is 1.75 bits per heavy atom. The summed E-state index contributed by atoms with van der Waals surface area (Å²) >= 11 is 0. The van der Waals surface area contributed by atoms with Crippen molar-refractivity contribution >= 4 is 10.0 Å². The summed E-state index contributed by atoms with van der Waals surface area (Å²) in [5, 5.41) is 0. The van der Waals surface area contributed by atoms with Crippen molar-refractivity contribution in [1.82, 2.24) is 4.72 Å². The molecule has 0 aromatic heterocycles. The fourth-order valence-electron chi connectivity index (χ4n) is 2.80. The van der Waals surface area contributed by atoms with Gasteiger partial charge in [-0.3, -0.25) is 0 Å². The minimum absolute atomic E-state index is 0.259. The second-order valence-electron chi connectivity index (χ2n) is 6.75. The van der Waals surface area contributed by atoms with Crippen LogP contribution in [0.4, 0.5) is 22.0 Å². The smallest absolute Gasteiger partial charge is 0.246 e. The average Bonchev–Trinajstić information content (AvgIpc) is 2.65. The highest BCUT2D eigenvalue weighted by atomic mass is 32.2. The SMILES string of the molecule is CC1(C)[C@@H](NS(=O)(=O)c2c(F)c(F)c(F)c(F)c2F)CC[C@@]1(C)N. The molecule has 0 radical (unpaired) electrons. The van der Waals surface area contributed by atoms with E-state index < -0.39 is 61.0 Å². The van der Waals surface area contributed by atoms with E-state index in [4.69, 9.17) is 5.73 Å². The van der Waals surface area contributed by atoms with Crippen molar-refractivity contribution in [2.45, 2.75) is 50.1 Å². The number of benzene rings is 1. The Labute approximate surface area is 136 Å². The molecule has 0 saturated heterocycles. The second kappa shape index (κ2) is 5.63. The lowest BCUT2D eigenvalue weighted by molar-refractivity contribution is 0.198. The predicted molar refractivity (Wildman–Crippen MR) is 75.9 cm³/mol. The number of rotatable bonds is 3. The summed E-state index contributed by atoms with van der Waals surface area (Å²) in [5.41, 5.74) is 4.51. The van der Waals surface area contributed by atoms with E-state index in [0.717, 1.165) is 0 Å². The molecule has 1 saturated carbocycles. The van der Waals surface area contributed by atoms with E-state index in [1.54, 1.807) is 20.8 Å². The van der Waals surface area contributed by atoms with Gasteiger partial charge in [0.2, 0.25) is 15.8 Å². The maximum Gasteiger partial charge on any atom is 0.246 e. The van der Waals surface area contributed by atoms with Crippen molar-refractivity contribution < 1.29 is 30.4 Å².